The van der Waals surface area contributed by atoms with Gasteiger partial charge in [-0.1, -0.05) is 25.4 Å². The summed E-state index contributed by atoms with van der Waals surface area (Å²) in [4.78, 5) is 0. The Labute approximate surface area is 84.9 Å². The zero-order chi connectivity index (χ0) is 10.0. The Morgan fingerprint density at radius 1 is 1.38 bits per heavy atom. The van der Waals surface area contributed by atoms with Crippen molar-refractivity contribution in [3.05, 3.63) is 16.4 Å². The van der Waals surface area contributed by atoms with E-state index >= 15 is 0 Å². The lowest BCUT2D eigenvalue weighted by Crippen LogP contribution is -2.05. The first-order valence-electron chi connectivity index (χ1n) is 4.72. The number of hydrogen-bond donors (Lipinski definition) is 0. The van der Waals surface area contributed by atoms with E-state index in [0.717, 1.165) is 29.4 Å². The largest absolute Gasteiger partial charge is 0.268 e. The molecule has 1 aromatic heterocycles. The third kappa shape index (κ3) is 2.47. The van der Waals surface area contributed by atoms with Crippen LogP contribution in [0, 0.1) is 19.8 Å². The lowest BCUT2D eigenvalue weighted by molar-refractivity contribution is 0.479. The summed E-state index contributed by atoms with van der Waals surface area (Å²) in [7, 11) is 0. The summed E-state index contributed by atoms with van der Waals surface area (Å²) in [6.07, 6.45) is 1.15. The molecule has 1 aromatic rings. The first kappa shape index (κ1) is 10.6. The van der Waals surface area contributed by atoms with Gasteiger partial charge in [-0.25, -0.2) is 0 Å². The molecule has 0 fully saturated rings. The van der Waals surface area contributed by atoms with Crippen LogP contribution < -0.4 is 0 Å². The number of nitrogens with zero attached hydrogens (tertiary/aromatic N) is 2. The highest BCUT2D eigenvalue weighted by Gasteiger charge is 2.08. The molecule has 0 aliphatic heterocycles. The van der Waals surface area contributed by atoms with Crippen LogP contribution >= 0.6 is 11.6 Å². The molecule has 0 amide bonds. The summed E-state index contributed by atoms with van der Waals surface area (Å²) in [6.45, 7) is 9.36. The van der Waals surface area contributed by atoms with Crippen LogP contribution in [0.2, 0.25) is 5.02 Å². The standard InChI is InChI=1S/C10H17ClN2/c1-7(2)5-6-13-9(4)10(11)8(3)12-13/h7H,5-6H2,1-4H3. The van der Waals surface area contributed by atoms with Gasteiger partial charge in [0.1, 0.15) is 0 Å². The Bertz CT molecular complexity index is 289. The van der Waals surface area contributed by atoms with Crippen molar-refractivity contribution >= 4 is 11.6 Å². The Morgan fingerprint density at radius 3 is 2.38 bits per heavy atom. The van der Waals surface area contributed by atoms with Crippen LogP contribution in [0.1, 0.15) is 31.7 Å². The summed E-state index contributed by atoms with van der Waals surface area (Å²) in [5.41, 5.74) is 2.02. The van der Waals surface area contributed by atoms with E-state index in [1.54, 1.807) is 0 Å². The van der Waals surface area contributed by atoms with Crippen LogP contribution in [0.5, 0.6) is 0 Å². The molecule has 0 saturated carbocycles. The highest BCUT2D eigenvalue weighted by atomic mass is 35.5. The number of aryl methyl sites for hydroxylation is 2. The van der Waals surface area contributed by atoms with Crippen LogP contribution in [0.15, 0.2) is 0 Å². The summed E-state index contributed by atoms with van der Waals surface area (Å²) >= 11 is 6.03. The van der Waals surface area contributed by atoms with E-state index in [-0.39, 0.29) is 0 Å². The highest BCUT2D eigenvalue weighted by molar-refractivity contribution is 6.31. The lowest BCUT2D eigenvalue weighted by Gasteiger charge is -2.06. The van der Waals surface area contributed by atoms with E-state index in [0.29, 0.717) is 5.92 Å². The normalized spacial score (nSPS) is 11.2. The number of aromatic nitrogens is 2. The minimum absolute atomic E-state index is 0.711. The van der Waals surface area contributed by atoms with Gasteiger partial charge in [0.05, 0.1) is 16.4 Å². The minimum atomic E-state index is 0.711. The average Bonchev–Trinajstić information content (AvgIpc) is 2.29. The van der Waals surface area contributed by atoms with E-state index in [2.05, 4.69) is 18.9 Å². The molecule has 0 spiro atoms. The van der Waals surface area contributed by atoms with Crippen LogP contribution in [-0.4, -0.2) is 9.78 Å². The molecule has 0 unspecified atom stereocenters. The molecule has 0 radical (unpaired) electrons. The van der Waals surface area contributed by atoms with E-state index in [1.807, 2.05) is 18.5 Å². The molecular weight excluding hydrogens is 184 g/mol. The Balaban J connectivity index is 2.72. The summed E-state index contributed by atoms with van der Waals surface area (Å²) in [6, 6.07) is 0. The second-order valence-corrected chi connectivity index (χ2v) is 4.27. The second kappa shape index (κ2) is 4.14. The van der Waals surface area contributed by atoms with Crippen molar-refractivity contribution in [2.45, 2.75) is 40.7 Å². The molecule has 2 nitrogen and oxygen atoms in total. The van der Waals surface area contributed by atoms with Gasteiger partial charge in [0.15, 0.2) is 0 Å². The second-order valence-electron chi connectivity index (χ2n) is 3.89. The van der Waals surface area contributed by atoms with Gasteiger partial charge >= 0.3 is 0 Å². The maximum absolute atomic E-state index is 6.03. The molecule has 0 aliphatic rings. The Kier molecular flexibility index (Phi) is 3.37. The number of hydrogen-bond acceptors (Lipinski definition) is 1. The first-order chi connectivity index (χ1) is 6.02. The van der Waals surface area contributed by atoms with E-state index in [9.17, 15) is 0 Å². The fourth-order valence-corrected chi connectivity index (χ4v) is 1.41. The van der Waals surface area contributed by atoms with Gasteiger partial charge in [-0.3, -0.25) is 4.68 Å². The van der Waals surface area contributed by atoms with Crippen LogP contribution in [0.25, 0.3) is 0 Å². The molecule has 0 bridgehead atoms. The molecule has 13 heavy (non-hydrogen) atoms. The molecule has 3 heteroatoms. The van der Waals surface area contributed by atoms with Gasteiger partial charge in [-0.2, -0.15) is 5.10 Å². The molecule has 0 saturated heterocycles. The summed E-state index contributed by atoms with van der Waals surface area (Å²) in [5, 5.41) is 5.18. The zero-order valence-electron chi connectivity index (χ0n) is 8.76. The molecule has 0 aromatic carbocycles. The SMILES string of the molecule is Cc1nn(CCC(C)C)c(C)c1Cl. The number of halogens is 1. The van der Waals surface area contributed by atoms with Crippen molar-refractivity contribution in [3.63, 3.8) is 0 Å². The molecule has 0 aliphatic carbocycles. The number of rotatable bonds is 3. The highest BCUT2D eigenvalue weighted by Crippen LogP contribution is 2.19. The molecule has 74 valence electrons. The van der Waals surface area contributed by atoms with Gasteiger partial charge < -0.3 is 0 Å². The predicted octanol–water partition coefficient (Wildman–Crippen LogP) is 3.20. The third-order valence-corrected chi connectivity index (χ3v) is 2.76. The quantitative estimate of drug-likeness (QED) is 0.733. The van der Waals surface area contributed by atoms with E-state index in [4.69, 9.17) is 11.6 Å². The topological polar surface area (TPSA) is 17.8 Å². The Morgan fingerprint density at radius 2 is 2.00 bits per heavy atom. The van der Waals surface area contributed by atoms with Gasteiger partial charge in [0.2, 0.25) is 0 Å². The van der Waals surface area contributed by atoms with Crippen LogP contribution in [-0.2, 0) is 6.54 Å². The van der Waals surface area contributed by atoms with Gasteiger partial charge in [0, 0.05) is 6.54 Å². The van der Waals surface area contributed by atoms with Gasteiger partial charge in [-0.05, 0) is 26.2 Å². The summed E-state index contributed by atoms with van der Waals surface area (Å²) in [5.74, 6) is 0.711. The van der Waals surface area contributed by atoms with Gasteiger partial charge in [0.25, 0.3) is 0 Å². The monoisotopic (exact) mass is 200 g/mol. The van der Waals surface area contributed by atoms with Crippen molar-refractivity contribution in [1.82, 2.24) is 9.78 Å². The predicted molar refractivity (Wildman–Crippen MR) is 56.2 cm³/mol. The van der Waals surface area contributed by atoms with Crippen molar-refractivity contribution in [2.75, 3.05) is 0 Å². The third-order valence-electron chi connectivity index (χ3n) is 2.21. The summed E-state index contributed by atoms with van der Waals surface area (Å²) < 4.78 is 2.00. The minimum Gasteiger partial charge on any atom is -0.268 e. The van der Waals surface area contributed by atoms with Crippen LogP contribution in [0.3, 0.4) is 0 Å². The van der Waals surface area contributed by atoms with E-state index in [1.165, 1.54) is 0 Å². The lowest BCUT2D eigenvalue weighted by atomic mass is 10.1. The van der Waals surface area contributed by atoms with E-state index < -0.39 is 0 Å². The average molecular weight is 201 g/mol. The molecule has 1 rings (SSSR count). The fourth-order valence-electron chi connectivity index (χ4n) is 1.27. The first-order valence-corrected chi connectivity index (χ1v) is 5.09. The molecule has 0 N–H and O–H groups in total. The maximum atomic E-state index is 6.03. The Hall–Kier alpha value is -0.500. The smallest absolute Gasteiger partial charge is 0.0844 e. The van der Waals surface area contributed by atoms with Crippen molar-refractivity contribution in [1.29, 1.82) is 0 Å². The van der Waals surface area contributed by atoms with Crippen molar-refractivity contribution in [2.24, 2.45) is 5.92 Å². The molecular formula is C10H17ClN2. The van der Waals surface area contributed by atoms with Crippen molar-refractivity contribution < 1.29 is 0 Å². The van der Waals surface area contributed by atoms with Crippen LogP contribution in [0.4, 0.5) is 0 Å². The molecule has 1 heterocycles. The molecule has 0 atom stereocenters. The maximum Gasteiger partial charge on any atom is 0.0844 e. The zero-order valence-corrected chi connectivity index (χ0v) is 9.52. The fraction of sp³-hybridized carbons (Fsp3) is 0.700. The van der Waals surface area contributed by atoms with Gasteiger partial charge in [-0.15, -0.1) is 0 Å². The van der Waals surface area contributed by atoms with Crippen molar-refractivity contribution in [3.8, 4) is 0 Å².